The van der Waals surface area contributed by atoms with Crippen molar-refractivity contribution in [3.05, 3.63) is 48.5 Å². The van der Waals surface area contributed by atoms with E-state index in [1.54, 1.807) is 14.2 Å². The Kier molecular flexibility index (Phi) is 7.91. The van der Waals surface area contributed by atoms with Crippen LogP contribution in [-0.2, 0) is 0 Å². The minimum absolute atomic E-state index is 0.547. The molecule has 0 saturated heterocycles. The van der Waals surface area contributed by atoms with E-state index in [9.17, 15) is 0 Å². The molecule has 0 aliphatic carbocycles. The molecule has 0 saturated carbocycles. The summed E-state index contributed by atoms with van der Waals surface area (Å²) in [7, 11) is 3.27. The maximum Gasteiger partial charge on any atom is 0.170 e. The number of nitrogens with one attached hydrogen (secondary N) is 4. The molecule has 2 aromatic carbocycles. The van der Waals surface area contributed by atoms with Crippen LogP contribution in [0.4, 0.5) is 11.4 Å². The third-order valence-electron chi connectivity index (χ3n) is 3.39. The number of hydrogen-bond acceptors (Lipinski definition) is 4. The third kappa shape index (κ3) is 6.73. The van der Waals surface area contributed by atoms with Gasteiger partial charge in [-0.3, -0.25) is 0 Å². The molecule has 2 aromatic rings. The molecule has 0 aliphatic rings. The van der Waals surface area contributed by atoms with E-state index >= 15 is 0 Å². The van der Waals surface area contributed by atoms with E-state index in [1.165, 1.54) is 0 Å². The molecule has 26 heavy (non-hydrogen) atoms. The van der Waals surface area contributed by atoms with Crippen molar-refractivity contribution >= 4 is 46.0 Å². The van der Waals surface area contributed by atoms with Crippen LogP contribution in [0.3, 0.4) is 0 Å². The van der Waals surface area contributed by atoms with Crippen LogP contribution < -0.4 is 30.7 Å². The molecule has 0 amide bonds. The molecule has 0 radical (unpaired) electrons. The van der Waals surface area contributed by atoms with Gasteiger partial charge in [0, 0.05) is 24.5 Å². The number of anilines is 2. The van der Waals surface area contributed by atoms with Crippen LogP contribution in [-0.4, -0.2) is 37.5 Å². The number of thiocarbonyl (C=S) groups is 2. The van der Waals surface area contributed by atoms with Crippen LogP contribution in [0.1, 0.15) is 0 Å². The summed E-state index contributed by atoms with van der Waals surface area (Å²) in [5.74, 6) is 1.60. The lowest BCUT2D eigenvalue weighted by Crippen LogP contribution is -2.38. The van der Waals surface area contributed by atoms with Crippen LogP contribution in [0.15, 0.2) is 48.5 Å². The molecule has 0 fully saturated rings. The topological polar surface area (TPSA) is 66.6 Å². The van der Waals surface area contributed by atoms with Gasteiger partial charge < -0.3 is 30.7 Å². The highest BCUT2D eigenvalue weighted by Gasteiger charge is 2.00. The van der Waals surface area contributed by atoms with E-state index in [2.05, 4.69) is 21.3 Å². The lowest BCUT2D eigenvalue weighted by Gasteiger charge is -2.13. The van der Waals surface area contributed by atoms with Crippen LogP contribution in [0.2, 0.25) is 0 Å². The molecule has 0 heterocycles. The second-order valence-corrected chi connectivity index (χ2v) is 6.04. The molecule has 0 aromatic heterocycles. The first-order valence-corrected chi connectivity index (χ1v) is 8.80. The van der Waals surface area contributed by atoms with Crippen molar-refractivity contribution in [1.82, 2.24) is 10.6 Å². The molecule has 0 spiro atoms. The molecule has 0 bridgehead atoms. The zero-order chi connectivity index (χ0) is 18.8. The predicted molar refractivity (Wildman–Crippen MR) is 114 cm³/mol. The maximum absolute atomic E-state index is 5.26. The van der Waals surface area contributed by atoms with Gasteiger partial charge in [-0.1, -0.05) is 0 Å². The van der Waals surface area contributed by atoms with Gasteiger partial charge in [-0.2, -0.15) is 0 Å². The lowest BCUT2D eigenvalue weighted by atomic mass is 10.3. The van der Waals surface area contributed by atoms with Crippen molar-refractivity contribution in [3.8, 4) is 11.5 Å². The summed E-state index contributed by atoms with van der Waals surface area (Å²) in [6.07, 6.45) is 0. The molecule has 2 rings (SSSR count). The van der Waals surface area contributed by atoms with Crippen LogP contribution in [0, 0.1) is 0 Å². The zero-order valence-corrected chi connectivity index (χ0v) is 16.3. The summed E-state index contributed by atoms with van der Waals surface area (Å²) in [5.41, 5.74) is 1.79. The van der Waals surface area contributed by atoms with Gasteiger partial charge in [0.05, 0.1) is 14.2 Å². The molecular formula is C18H22N4O2S2. The molecule has 138 valence electrons. The monoisotopic (exact) mass is 390 g/mol. The Labute approximate surface area is 164 Å². The maximum atomic E-state index is 5.26. The number of rotatable bonds is 7. The summed E-state index contributed by atoms with van der Waals surface area (Å²) >= 11 is 10.5. The Bertz CT molecular complexity index is 657. The van der Waals surface area contributed by atoms with Crippen molar-refractivity contribution in [2.75, 3.05) is 37.9 Å². The van der Waals surface area contributed by atoms with Gasteiger partial charge in [-0.15, -0.1) is 0 Å². The molecule has 0 aliphatic heterocycles. The number of methoxy groups -OCH3 is 2. The molecular weight excluding hydrogens is 368 g/mol. The van der Waals surface area contributed by atoms with Crippen molar-refractivity contribution in [1.29, 1.82) is 0 Å². The smallest absolute Gasteiger partial charge is 0.170 e. The normalized spacial score (nSPS) is 9.77. The predicted octanol–water partition coefficient (Wildman–Crippen LogP) is 2.98. The minimum Gasteiger partial charge on any atom is -0.497 e. The Morgan fingerprint density at radius 1 is 0.692 bits per heavy atom. The van der Waals surface area contributed by atoms with E-state index in [-0.39, 0.29) is 0 Å². The average Bonchev–Trinajstić information content (AvgIpc) is 2.66. The standard InChI is InChI=1S/C18H22N4O2S2/c1-23-15-7-3-13(4-8-15)21-17(25)19-11-12-20-18(26)22-14-5-9-16(24-2)10-6-14/h3-10H,11-12H2,1-2H3,(H2,19,21,25)(H2,20,22,26). The van der Waals surface area contributed by atoms with Gasteiger partial charge in [-0.25, -0.2) is 0 Å². The highest BCUT2D eigenvalue weighted by atomic mass is 32.1. The SMILES string of the molecule is COc1ccc(NC(=S)NCCNC(=S)Nc2ccc(OC)cc2)cc1. The fourth-order valence-corrected chi connectivity index (χ4v) is 2.49. The van der Waals surface area contributed by atoms with E-state index in [1.807, 2.05) is 48.5 Å². The second kappa shape index (κ2) is 10.4. The van der Waals surface area contributed by atoms with Gasteiger partial charge in [0.1, 0.15) is 11.5 Å². The zero-order valence-electron chi connectivity index (χ0n) is 14.7. The Morgan fingerprint density at radius 3 is 1.35 bits per heavy atom. The fraction of sp³-hybridized carbons (Fsp3) is 0.222. The summed E-state index contributed by atoms with van der Waals surface area (Å²) in [6, 6.07) is 15.1. The average molecular weight is 391 g/mol. The number of benzene rings is 2. The van der Waals surface area contributed by atoms with Gasteiger partial charge in [-0.05, 0) is 73.0 Å². The van der Waals surface area contributed by atoms with Crippen molar-refractivity contribution in [3.63, 3.8) is 0 Å². The molecule has 4 N–H and O–H groups in total. The van der Waals surface area contributed by atoms with E-state index in [0.29, 0.717) is 23.3 Å². The Hall–Kier alpha value is -2.58. The van der Waals surface area contributed by atoms with E-state index in [0.717, 1.165) is 22.9 Å². The summed E-state index contributed by atoms with van der Waals surface area (Å²) in [6.45, 7) is 1.26. The Morgan fingerprint density at radius 2 is 1.04 bits per heavy atom. The second-order valence-electron chi connectivity index (χ2n) is 5.22. The number of hydrogen-bond donors (Lipinski definition) is 4. The van der Waals surface area contributed by atoms with Gasteiger partial charge in [0.25, 0.3) is 0 Å². The first kappa shape index (κ1) is 19.7. The van der Waals surface area contributed by atoms with Crippen LogP contribution in [0.25, 0.3) is 0 Å². The largest absolute Gasteiger partial charge is 0.497 e. The molecule has 8 heteroatoms. The highest BCUT2D eigenvalue weighted by molar-refractivity contribution is 7.80. The first-order chi connectivity index (χ1) is 12.6. The Balaban J connectivity index is 1.63. The highest BCUT2D eigenvalue weighted by Crippen LogP contribution is 2.15. The molecule has 0 unspecified atom stereocenters. The summed E-state index contributed by atoms with van der Waals surface area (Å²) in [5, 5.41) is 13.5. The van der Waals surface area contributed by atoms with Crippen molar-refractivity contribution in [2.45, 2.75) is 0 Å². The molecule has 0 atom stereocenters. The van der Waals surface area contributed by atoms with Crippen molar-refractivity contribution in [2.24, 2.45) is 0 Å². The summed E-state index contributed by atoms with van der Waals surface area (Å²) < 4.78 is 10.2. The quantitative estimate of drug-likeness (QED) is 0.425. The van der Waals surface area contributed by atoms with Crippen LogP contribution in [0.5, 0.6) is 11.5 Å². The third-order valence-corrected chi connectivity index (χ3v) is 3.88. The lowest BCUT2D eigenvalue weighted by molar-refractivity contribution is 0.415. The van der Waals surface area contributed by atoms with Crippen molar-refractivity contribution < 1.29 is 9.47 Å². The van der Waals surface area contributed by atoms with Crippen LogP contribution >= 0.6 is 24.4 Å². The molecule has 6 nitrogen and oxygen atoms in total. The first-order valence-electron chi connectivity index (χ1n) is 7.98. The van der Waals surface area contributed by atoms with Gasteiger partial charge in [0.15, 0.2) is 10.2 Å². The van der Waals surface area contributed by atoms with E-state index < -0.39 is 0 Å². The van der Waals surface area contributed by atoms with Gasteiger partial charge >= 0.3 is 0 Å². The van der Waals surface area contributed by atoms with Gasteiger partial charge in [0.2, 0.25) is 0 Å². The fourth-order valence-electron chi connectivity index (χ4n) is 2.05. The number of ether oxygens (including phenoxy) is 2. The summed E-state index contributed by atoms with van der Waals surface area (Å²) in [4.78, 5) is 0. The van der Waals surface area contributed by atoms with E-state index in [4.69, 9.17) is 33.9 Å². The minimum atomic E-state index is 0.547.